The molecule has 0 amide bonds. The summed E-state index contributed by atoms with van der Waals surface area (Å²) in [4.78, 5) is 11.5. The normalized spacial score (nSPS) is 19.9. The smallest absolute Gasteiger partial charge is 0.145 e. The van der Waals surface area contributed by atoms with Gasteiger partial charge in [0.25, 0.3) is 0 Å². The number of anilines is 2. The van der Waals surface area contributed by atoms with Crippen LogP contribution >= 0.6 is 0 Å². The second kappa shape index (κ2) is 6.37. The van der Waals surface area contributed by atoms with Gasteiger partial charge in [-0.25, -0.2) is 15.8 Å². The molecule has 2 heterocycles. The number of nitrogen functional groups attached to an aromatic ring is 1. The Labute approximate surface area is 120 Å². The molecule has 1 aromatic rings. The summed E-state index contributed by atoms with van der Waals surface area (Å²) in [6, 6.07) is 1.88. The third kappa shape index (κ3) is 3.58. The van der Waals surface area contributed by atoms with Crippen LogP contribution in [0, 0.1) is 0 Å². The van der Waals surface area contributed by atoms with Crippen LogP contribution in [0.5, 0.6) is 0 Å². The predicted molar refractivity (Wildman–Crippen MR) is 80.6 cm³/mol. The molecule has 2 fully saturated rings. The Bertz CT molecular complexity index is 439. The molecule has 3 rings (SSSR count). The molecule has 1 aliphatic heterocycles. The molecule has 1 aliphatic carbocycles. The Morgan fingerprint density at radius 2 is 1.90 bits per heavy atom. The number of nitrogens with two attached hydrogens (primary N) is 1. The molecule has 2 aliphatic rings. The number of piperidine rings is 1. The number of nitrogens with zero attached hydrogens (tertiary/aromatic N) is 3. The van der Waals surface area contributed by atoms with Crippen LogP contribution in [0.25, 0.3) is 0 Å². The number of rotatable bonds is 6. The van der Waals surface area contributed by atoms with Crippen LogP contribution in [0.2, 0.25) is 0 Å². The number of aromatic nitrogens is 2. The Morgan fingerprint density at radius 3 is 2.60 bits per heavy atom. The summed E-state index contributed by atoms with van der Waals surface area (Å²) in [7, 11) is 0. The lowest BCUT2D eigenvalue weighted by molar-refractivity contribution is 0.237. The fourth-order valence-electron chi connectivity index (χ4n) is 2.68. The first-order chi connectivity index (χ1) is 9.85. The first-order valence-electron chi connectivity index (χ1n) is 7.67. The molecular weight excluding hydrogens is 252 g/mol. The van der Waals surface area contributed by atoms with E-state index in [0.29, 0.717) is 11.7 Å². The van der Waals surface area contributed by atoms with E-state index in [2.05, 4.69) is 25.6 Å². The Balaban J connectivity index is 1.54. The summed E-state index contributed by atoms with van der Waals surface area (Å²) < 4.78 is 0. The molecule has 1 saturated carbocycles. The van der Waals surface area contributed by atoms with Gasteiger partial charge in [0.15, 0.2) is 0 Å². The summed E-state index contributed by atoms with van der Waals surface area (Å²) in [6.07, 6.45) is 6.44. The van der Waals surface area contributed by atoms with Crippen molar-refractivity contribution < 1.29 is 0 Å². The van der Waals surface area contributed by atoms with Crippen LogP contribution < -0.4 is 16.6 Å². The maximum Gasteiger partial charge on any atom is 0.145 e. The molecule has 0 bridgehead atoms. The second-order valence-electron chi connectivity index (χ2n) is 5.74. The third-order valence-corrected chi connectivity index (χ3v) is 4.02. The quantitative estimate of drug-likeness (QED) is 0.540. The van der Waals surface area contributed by atoms with Gasteiger partial charge in [-0.05, 0) is 38.8 Å². The molecular formula is C14H24N6. The molecule has 110 valence electrons. The Kier molecular flexibility index (Phi) is 4.32. The number of hydrazine groups is 1. The zero-order valence-corrected chi connectivity index (χ0v) is 11.9. The van der Waals surface area contributed by atoms with Crippen molar-refractivity contribution in [1.82, 2.24) is 14.9 Å². The van der Waals surface area contributed by atoms with Crippen molar-refractivity contribution in [3.05, 3.63) is 11.9 Å². The Morgan fingerprint density at radius 1 is 1.15 bits per heavy atom. The number of hydrogen-bond donors (Lipinski definition) is 3. The van der Waals surface area contributed by atoms with Gasteiger partial charge in [-0.3, -0.25) is 0 Å². The number of hydrogen-bond acceptors (Lipinski definition) is 6. The van der Waals surface area contributed by atoms with E-state index in [-0.39, 0.29) is 0 Å². The SMILES string of the molecule is NNc1cc(NCCN2CCCCC2)nc(C2CC2)n1. The summed E-state index contributed by atoms with van der Waals surface area (Å²) in [5, 5.41) is 3.40. The topological polar surface area (TPSA) is 79.1 Å². The van der Waals surface area contributed by atoms with Gasteiger partial charge in [-0.1, -0.05) is 6.42 Å². The minimum atomic E-state index is 0.533. The van der Waals surface area contributed by atoms with Gasteiger partial charge >= 0.3 is 0 Å². The van der Waals surface area contributed by atoms with Crippen molar-refractivity contribution in [2.45, 2.75) is 38.0 Å². The van der Waals surface area contributed by atoms with E-state index in [0.717, 1.165) is 24.7 Å². The summed E-state index contributed by atoms with van der Waals surface area (Å²) >= 11 is 0. The highest BCUT2D eigenvalue weighted by Crippen LogP contribution is 2.38. The van der Waals surface area contributed by atoms with Gasteiger partial charge < -0.3 is 15.6 Å². The van der Waals surface area contributed by atoms with Crippen LogP contribution in [0.1, 0.15) is 43.8 Å². The summed E-state index contributed by atoms with van der Waals surface area (Å²) in [5.41, 5.74) is 2.63. The van der Waals surface area contributed by atoms with Crippen molar-refractivity contribution in [3.63, 3.8) is 0 Å². The van der Waals surface area contributed by atoms with Crippen molar-refractivity contribution in [1.29, 1.82) is 0 Å². The lowest BCUT2D eigenvalue weighted by atomic mass is 10.1. The average molecular weight is 276 g/mol. The van der Waals surface area contributed by atoms with Gasteiger partial charge in [-0.15, -0.1) is 0 Å². The van der Waals surface area contributed by atoms with Crippen LogP contribution in [-0.2, 0) is 0 Å². The highest BCUT2D eigenvalue weighted by Gasteiger charge is 2.27. The molecule has 0 radical (unpaired) electrons. The second-order valence-corrected chi connectivity index (χ2v) is 5.74. The predicted octanol–water partition coefficient (Wildman–Crippen LogP) is 1.54. The molecule has 0 aromatic carbocycles. The van der Waals surface area contributed by atoms with Crippen LogP contribution in [0.3, 0.4) is 0 Å². The summed E-state index contributed by atoms with van der Waals surface area (Å²) in [6.45, 7) is 4.46. The van der Waals surface area contributed by atoms with Crippen molar-refractivity contribution >= 4 is 11.6 Å². The van der Waals surface area contributed by atoms with Gasteiger partial charge in [0.05, 0.1) is 0 Å². The van der Waals surface area contributed by atoms with Crippen molar-refractivity contribution in [3.8, 4) is 0 Å². The zero-order valence-electron chi connectivity index (χ0n) is 11.9. The monoisotopic (exact) mass is 276 g/mol. The maximum atomic E-state index is 5.48. The van der Waals surface area contributed by atoms with Crippen molar-refractivity contribution in [2.24, 2.45) is 5.84 Å². The van der Waals surface area contributed by atoms with E-state index in [4.69, 9.17) is 5.84 Å². The van der Waals surface area contributed by atoms with Crippen molar-refractivity contribution in [2.75, 3.05) is 36.9 Å². The minimum absolute atomic E-state index is 0.533. The first-order valence-corrected chi connectivity index (χ1v) is 7.67. The fraction of sp³-hybridized carbons (Fsp3) is 0.714. The molecule has 6 nitrogen and oxygen atoms in total. The molecule has 20 heavy (non-hydrogen) atoms. The molecule has 1 aromatic heterocycles. The van der Waals surface area contributed by atoms with Gasteiger partial charge in [0.1, 0.15) is 17.5 Å². The minimum Gasteiger partial charge on any atom is -0.369 e. The first kappa shape index (κ1) is 13.6. The van der Waals surface area contributed by atoms with Gasteiger partial charge in [-0.2, -0.15) is 0 Å². The average Bonchev–Trinajstić information content (AvgIpc) is 3.33. The van der Waals surface area contributed by atoms with Gasteiger partial charge in [0, 0.05) is 25.1 Å². The molecule has 1 saturated heterocycles. The lowest BCUT2D eigenvalue weighted by Gasteiger charge is -2.26. The number of likely N-dealkylation sites (tertiary alicyclic amines) is 1. The molecule has 6 heteroatoms. The highest BCUT2D eigenvalue weighted by molar-refractivity contribution is 5.47. The fourth-order valence-corrected chi connectivity index (χ4v) is 2.68. The molecule has 4 N–H and O–H groups in total. The zero-order chi connectivity index (χ0) is 13.8. The third-order valence-electron chi connectivity index (χ3n) is 4.02. The lowest BCUT2D eigenvalue weighted by Crippen LogP contribution is -2.33. The standard InChI is InChI=1S/C14H24N6/c15-19-13-10-12(17-14(18-13)11-4-5-11)16-6-9-20-7-2-1-3-8-20/h10-11H,1-9,15H2,(H2,16,17,18,19). The highest BCUT2D eigenvalue weighted by atomic mass is 15.3. The van der Waals surface area contributed by atoms with E-state index in [1.165, 1.54) is 45.2 Å². The van der Waals surface area contributed by atoms with E-state index in [1.54, 1.807) is 0 Å². The van der Waals surface area contributed by atoms with Crippen LogP contribution in [0.4, 0.5) is 11.6 Å². The largest absolute Gasteiger partial charge is 0.369 e. The van der Waals surface area contributed by atoms with Crippen LogP contribution in [-0.4, -0.2) is 41.0 Å². The number of nitrogens with one attached hydrogen (secondary N) is 2. The molecule has 0 atom stereocenters. The van der Waals surface area contributed by atoms with E-state index in [1.807, 2.05) is 6.07 Å². The Hall–Kier alpha value is -1.40. The molecule has 0 unspecified atom stereocenters. The summed E-state index contributed by atoms with van der Waals surface area (Å²) in [5.74, 6) is 8.51. The van der Waals surface area contributed by atoms with E-state index < -0.39 is 0 Å². The van der Waals surface area contributed by atoms with E-state index in [9.17, 15) is 0 Å². The van der Waals surface area contributed by atoms with Crippen LogP contribution in [0.15, 0.2) is 6.07 Å². The van der Waals surface area contributed by atoms with E-state index >= 15 is 0 Å². The van der Waals surface area contributed by atoms with Gasteiger partial charge in [0.2, 0.25) is 0 Å². The molecule has 0 spiro atoms. The maximum absolute atomic E-state index is 5.48.